The van der Waals surface area contributed by atoms with E-state index in [2.05, 4.69) is 5.32 Å². The van der Waals surface area contributed by atoms with Crippen LogP contribution >= 0.6 is 11.6 Å². The quantitative estimate of drug-likeness (QED) is 0.819. The van der Waals surface area contributed by atoms with Gasteiger partial charge in [-0.1, -0.05) is 35.9 Å². The highest BCUT2D eigenvalue weighted by atomic mass is 35.5. The zero-order chi connectivity index (χ0) is 16.7. The van der Waals surface area contributed by atoms with Crippen LogP contribution in [0.2, 0.25) is 5.02 Å². The molecule has 0 saturated carbocycles. The molecule has 0 aliphatic heterocycles. The summed E-state index contributed by atoms with van der Waals surface area (Å²) in [6, 6.07) is 12.9. The van der Waals surface area contributed by atoms with Gasteiger partial charge >= 0.3 is 0 Å². The van der Waals surface area contributed by atoms with Crippen molar-refractivity contribution in [3.05, 3.63) is 64.2 Å². The van der Waals surface area contributed by atoms with Crippen molar-refractivity contribution in [3.63, 3.8) is 0 Å². The highest BCUT2D eigenvalue weighted by Crippen LogP contribution is 2.24. The Kier molecular flexibility index (Phi) is 6.44. The number of hydrogen-bond donors (Lipinski definition) is 2. The molecule has 0 atom stereocenters. The van der Waals surface area contributed by atoms with Crippen LogP contribution in [0.15, 0.2) is 42.5 Å². The van der Waals surface area contributed by atoms with Gasteiger partial charge in [-0.25, -0.2) is 0 Å². The minimum atomic E-state index is -0.131. The van der Waals surface area contributed by atoms with Gasteiger partial charge in [0.15, 0.2) is 0 Å². The molecule has 5 heteroatoms. The molecule has 0 bridgehead atoms. The van der Waals surface area contributed by atoms with Gasteiger partial charge in [-0.05, 0) is 42.2 Å². The van der Waals surface area contributed by atoms with Crippen molar-refractivity contribution < 1.29 is 14.6 Å². The molecule has 0 unspecified atom stereocenters. The predicted octanol–water partition coefficient (Wildman–Crippen LogP) is 2.86. The van der Waals surface area contributed by atoms with Crippen molar-refractivity contribution in [1.82, 2.24) is 5.32 Å². The van der Waals surface area contributed by atoms with Gasteiger partial charge in [-0.2, -0.15) is 0 Å². The SMILES string of the molecule is COc1ccc(CCNC(=O)c2ccccc2CCO)cc1Cl. The zero-order valence-electron chi connectivity index (χ0n) is 13.0. The van der Waals surface area contributed by atoms with Gasteiger partial charge < -0.3 is 15.2 Å². The first-order chi connectivity index (χ1) is 11.2. The van der Waals surface area contributed by atoms with Crippen molar-refractivity contribution >= 4 is 17.5 Å². The number of benzene rings is 2. The van der Waals surface area contributed by atoms with Crippen LogP contribution in [0.1, 0.15) is 21.5 Å². The summed E-state index contributed by atoms with van der Waals surface area (Å²) in [6.07, 6.45) is 1.15. The molecule has 2 N–H and O–H groups in total. The molecule has 0 aliphatic carbocycles. The summed E-state index contributed by atoms with van der Waals surface area (Å²) in [5.74, 6) is 0.506. The highest BCUT2D eigenvalue weighted by Gasteiger charge is 2.10. The molecule has 0 saturated heterocycles. The Labute approximate surface area is 141 Å². The second-order valence-corrected chi connectivity index (χ2v) is 5.51. The van der Waals surface area contributed by atoms with Crippen LogP contribution in [0.3, 0.4) is 0 Å². The maximum Gasteiger partial charge on any atom is 0.251 e. The fourth-order valence-electron chi connectivity index (χ4n) is 2.36. The third-order valence-corrected chi connectivity index (χ3v) is 3.85. The number of rotatable bonds is 7. The monoisotopic (exact) mass is 333 g/mol. The Hall–Kier alpha value is -2.04. The summed E-state index contributed by atoms with van der Waals surface area (Å²) in [4.78, 5) is 12.3. The van der Waals surface area contributed by atoms with Gasteiger partial charge in [0.05, 0.1) is 12.1 Å². The van der Waals surface area contributed by atoms with Crippen LogP contribution in [-0.4, -0.2) is 31.3 Å². The number of nitrogens with one attached hydrogen (secondary N) is 1. The van der Waals surface area contributed by atoms with Crippen LogP contribution in [-0.2, 0) is 12.8 Å². The second kappa shape index (κ2) is 8.56. The highest BCUT2D eigenvalue weighted by molar-refractivity contribution is 6.32. The predicted molar refractivity (Wildman–Crippen MR) is 91.3 cm³/mol. The molecule has 23 heavy (non-hydrogen) atoms. The molecule has 0 heterocycles. The summed E-state index contributed by atoms with van der Waals surface area (Å²) >= 11 is 6.09. The smallest absolute Gasteiger partial charge is 0.251 e. The maximum atomic E-state index is 12.3. The molecular weight excluding hydrogens is 314 g/mol. The average molecular weight is 334 g/mol. The number of methoxy groups -OCH3 is 1. The second-order valence-electron chi connectivity index (χ2n) is 5.11. The normalized spacial score (nSPS) is 10.4. The molecular formula is C18H20ClNO3. The van der Waals surface area contributed by atoms with E-state index in [1.165, 1.54) is 0 Å². The Morgan fingerprint density at radius 2 is 2.00 bits per heavy atom. The summed E-state index contributed by atoms with van der Waals surface area (Å²) in [7, 11) is 1.57. The van der Waals surface area contributed by atoms with Crippen molar-refractivity contribution in [2.24, 2.45) is 0 Å². The first-order valence-electron chi connectivity index (χ1n) is 7.45. The molecule has 2 aromatic carbocycles. The lowest BCUT2D eigenvalue weighted by molar-refractivity contribution is 0.0953. The minimum Gasteiger partial charge on any atom is -0.495 e. The van der Waals surface area contributed by atoms with E-state index in [-0.39, 0.29) is 12.5 Å². The van der Waals surface area contributed by atoms with Crippen molar-refractivity contribution in [1.29, 1.82) is 0 Å². The molecule has 0 spiro atoms. The number of aliphatic hydroxyl groups is 1. The van der Waals surface area contributed by atoms with Crippen LogP contribution in [0.5, 0.6) is 5.75 Å². The number of carbonyl (C=O) groups excluding carboxylic acids is 1. The lowest BCUT2D eigenvalue weighted by Crippen LogP contribution is -2.26. The summed E-state index contributed by atoms with van der Waals surface area (Å²) in [6.45, 7) is 0.531. The Morgan fingerprint density at radius 1 is 1.22 bits per heavy atom. The van der Waals surface area contributed by atoms with E-state index in [0.29, 0.717) is 35.7 Å². The Balaban J connectivity index is 1.93. The number of carbonyl (C=O) groups is 1. The largest absolute Gasteiger partial charge is 0.495 e. The van der Waals surface area contributed by atoms with Crippen LogP contribution in [0.25, 0.3) is 0 Å². The summed E-state index contributed by atoms with van der Waals surface area (Å²) in [5, 5.41) is 12.5. The van der Waals surface area contributed by atoms with E-state index in [1.807, 2.05) is 36.4 Å². The number of halogens is 1. The number of ether oxygens (including phenoxy) is 1. The molecule has 0 fully saturated rings. The molecule has 0 radical (unpaired) electrons. The first kappa shape index (κ1) is 17.3. The standard InChI is InChI=1S/C18H20ClNO3/c1-23-17-7-6-13(12-16(17)19)8-10-20-18(22)15-5-3-2-4-14(15)9-11-21/h2-7,12,21H,8-11H2,1H3,(H,20,22). The van der Waals surface area contributed by atoms with E-state index in [4.69, 9.17) is 21.4 Å². The third kappa shape index (κ3) is 4.71. The van der Waals surface area contributed by atoms with Crippen LogP contribution < -0.4 is 10.1 Å². The molecule has 4 nitrogen and oxygen atoms in total. The van der Waals surface area contributed by atoms with Crippen LogP contribution in [0, 0.1) is 0 Å². The first-order valence-corrected chi connectivity index (χ1v) is 7.83. The molecule has 0 aliphatic rings. The van der Waals surface area contributed by atoms with Crippen molar-refractivity contribution in [2.45, 2.75) is 12.8 Å². The molecule has 1 amide bonds. The van der Waals surface area contributed by atoms with Crippen molar-refractivity contribution in [2.75, 3.05) is 20.3 Å². The van der Waals surface area contributed by atoms with E-state index in [0.717, 1.165) is 11.1 Å². The fourth-order valence-corrected chi connectivity index (χ4v) is 2.64. The lowest BCUT2D eigenvalue weighted by Gasteiger charge is -2.10. The maximum absolute atomic E-state index is 12.3. The molecule has 0 aromatic heterocycles. The van der Waals surface area contributed by atoms with Gasteiger partial charge in [0.2, 0.25) is 0 Å². The van der Waals surface area contributed by atoms with E-state index in [1.54, 1.807) is 13.2 Å². The van der Waals surface area contributed by atoms with E-state index >= 15 is 0 Å². The van der Waals surface area contributed by atoms with Gasteiger partial charge in [0, 0.05) is 18.7 Å². The fraction of sp³-hybridized carbons (Fsp3) is 0.278. The Morgan fingerprint density at radius 3 is 2.70 bits per heavy atom. The minimum absolute atomic E-state index is 0.0225. The van der Waals surface area contributed by atoms with Gasteiger partial charge in [-0.15, -0.1) is 0 Å². The van der Waals surface area contributed by atoms with Gasteiger partial charge in [0.1, 0.15) is 5.75 Å². The van der Waals surface area contributed by atoms with Gasteiger partial charge in [0.25, 0.3) is 5.91 Å². The number of hydrogen-bond acceptors (Lipinski definition) is 3. The molecule has 2 rings (SSSR count). The molecule has 122 valence electrons. The molecule has 2 aromatic rings. The third-order valence-electron chi connectivity index (χ3n) is 3.56. The number of amides is 1. The summed E-state index contributed by atoms with van der Waals surface area (Å²) in [5.41, 5.74) is 2.48. The number of aliphatic hydroxyl groups excluding tert-OH is 1. The average Bonchev–Trinajstić information content (AvgIpc) is 2.56. The van der Waals surface area contributed by atoms with E-state index in [9.17, 15) is 4.79 Å². The summed E-state index contributed by atoms with van der Waals surface area (Å²) < 4.78 is 5.11. The van der Waals surface area contributed by atoms with Gasteiger partial charge in [-0.3, -0.25) is 4.79 Å². The van der Waals surface area contributed by atoms with Crippen LogP contribution in [0.4, 0.5) is 0 Å². The van der Waals surface area contributed by atoms with E-state index < -0.39 is 0 Å². The zero-order valence-corrected chi connectivity index (χ0v) is 13.8. The Bertz CT molecular complexity index is 673. The lowest BCUT2D eigenvalue weighted by atomic mass is 10.0. The topological polar surface area (TPSA) is 58.6 Å². The van der Waals surface area contributed by atoms with Crippen molar-refractivity contribution in [3.8, 4) is 5.75 Å².